The van der Waals surface area contributed by atoms with E-state index in [1.807, 2.05) is 49.4 Å². The number of fused-ring (bicyclic) bond motifs is 1. The van der Waals surface area contributed by atoms with Gasteiger partial charge >= 0.3 is 0 Å². The molecule has 1 amide bonds. The van der Waals surface area contributed by atoms with Crippen molar-refractivity contribution in [2.24, 2.45) is 12.8 Å². The molecule has 0 spiro atoms. The maximum atomic E-state index is 12.4. The highest BCUT2D eigenvalue weighted by Crippen LogP contribution is 2.30. The number of aryl methyl sites for hydroxylation is 2. The molecule has 0 saturated heterocycles. The zero-order valence-electron chi connectivity index (χ0n) is 16.1. The van der Waals surface area contributed by atoms with E-state index >= 15 is 0 Å². The van der Waals surface area contributed by atoms with Crippen molar-refractivity contribution in [2.45, 2.75) is 6.92 Å². The lowest BCUT2D eigenvalue weighted by Gasteiger charge is -2.14. The Kier molecular flexibility index (Phi) is 4.60. The van der Waals surface area contributed by atoms with Crippen molar-refractivity contribution < 1.29 is 4.79 Å². The van der Waals surface area contributed by atoms with Crippen LogP contribution >= 0.6 is 0 Å². The van der Waals surface area contributed by atoms with E-state index in [4.69, 9.17) is 5.73 Å². The van der Waals surface area contributed by atoms with Crippen LogP contribution in [0.25, 0.3) is 22.0 Å². The summed E-state index contributed by atoms with van der Waals surface area (Å²) in [5, 5.41) is 3.93. The highest BCUT2D eigenvalue weighted by atomic mass is 16.1. The van der Waals surface area contributed by atoms with E-state index in [9.17, 15) is 9.59 Å². The van der Waals surface area contributed by atoms with Crippen molar-refractivity contribution in [1.29, 1.82) is 0 Å². The number of nitrogens with zero attached hydrogens (tertiary/aromatic N) is 2. The number of benzene rings is 3. The second-order valence-corrected chi connectivity index (χ2v) is 6.96. The fourth-order valence-electron chi connectivity index (χ4n) is 3.32. The minimum Gasteiger partial charge on any atom is -0.366 e. The van der Waals surface area contributed by atoms with Gasteiger partial charge in [-0.05, 0) is 53.9 Å². The van der Waals surface area contributed by atoms with Crippen molar-refractivity contribution in [3.05, 3.63) is 88.5 Å². The normalized spacial score (nSPS) is 10.8. The zero-order valence-corrected chi connectivity index (χ0v) is 16.1. The van der Waals surface area contributed by atoms with Crippen LogP contribution in [0.4, 0.5) is 11.4 Å². The summed E-state index contributed by atoms with van der Waals surface area (Å²) in [5.74, 6) is -0.464. The molecule has 0 aliphatic carbocycles. The molecule has 6 nitrogen and oxygen atoms in total. The minimum absolute atomic E-state index is 0.0977. The Balaban J connectivity index is 1.76. The molecule has 4 rings (SSSR count). The summed E-state index contributed by atoms with van der Waals surface area (Å²) >= 11 is 0. The van der Waals surface area contributed by atoms with Crippen molar-refractivity contribution in [1.82, 2.24) is 9.55 Å². The Bertz CT molecular complexity index is 1310. The number of amides is 1. The van der Waals surface area contributed by atoms with Crippen LogP contribution in [0.15, 0.2) is 71.8 Å². The first-order valence-corrected chi connectivity index (χ1v) is 9.16. The number of aromatic nitrogens is 2. The van der Waals surface area contributed by atoms with Crippen LogP contribution < -0.4 is 16.6 Å². The van der Waals surface area contributed by atoms with Gasteiger partial charge in [-0.1, -0.05) is 30.3 Å². The van der Waals surface area contributed by atoms with E-state index in [0.717, 1.165) is 28.1 Å². The monoisotopic (exact) mass is 384 g/mol. The van der Waals surface area contributed by atoms with Gasteiger partial charge in [0, 0.05) is 24.0 Å². The fourth-order valence-corrected chi connectivity index (χ4v) is 3.32. The molecule has 1 aromatic heterocycles. The lowest BCUT2D eigenvalue weighted by atomic mass is 9.97. The molecule has 29 heavy (non-hydrogen) atoms. The summed E-state index contributed by atoms with van der Waals surface area (Å²) in [5.41, 5.74) is 10.9. The van der Waals surface area contributed by atoms with Gasteiger partial charge in [0.2, 0.25) is 5.91 Å². The zero-order chi connectivity index (χ0) is 20.5. The molecule has 144 valence electrons. The Morgan fingerprint density at radius 2 is 1.86 bits per heavy atom. The van der Waals surface area contributed by atoms with Crippen LogP contribution in [0.1, 0.15) is 15.9 Å². The average molecular weight is 384 g/mol. The number of hydrogen-bond acceptors (Lipinski definition) is 4. The predicted molar refractivity (Wildman–Crippen MR) is 115 cm³/mol. The maximum absolute atomic E-state index is 12.4. The largest absolute Gasteiger partial charge is 0.366 e. The lowest BCUT2D eigenvalue weighted by molar-refractivity contribution is 0.100. The Labute approximate surface area is 167 Å². The van der Waals surface area contributed by atoms with E-state index in [-0.39, 0.29) is 5.56 Å². The molecule has 0 bridgehead atoms. The Morgan fingerprint density at radius 3 is 2.66 bits per heavy atom. The van der Waals surface area contributed by atoms with Crippen molar-refractivity contribution in [3.8, 4) is 11.1 Å². The molecule has 0 unspecified atom stereocenters. The molecule has 0 fully saturated rings. The third-order valence-electron chi connectivity index (χ3n) is 4.94. The third kappa shape index (κ3) is 3.48. The molecule has 0 saturated carbocycles. The minimum atomic E-state index is -0.464. The summed E-state index contributed by atoms with van der Waals surface area (Å²) in [6.07, 6.45) is 1.52. The molecule has 0 aliphatic heterocycles. The van der Waals surface area contributed by atoms with Gasteiger partial charge in [0.15, 0.2) is 0 Å². The van der Waals surface area contributed by atoms with Crippen LogP contribution in [0, 0.1) is 6.92 Å². The van der Waals surface area contributed by atoms with Crippen LogP contribution in [-0.4, -0.2) is 15.5 Å². The molecule has 4 aromatic rings. The van der Waals surface area contributed by atoms with E-state index in [1.165, 1.54) is 10.9 Å². The molecule has 0 aliphatic rings. The summed E-state index contributed by atoms with van der Waals surface area (Å²) in [6, 6.07) is 18.7. The van der Waals surface area contributed by atoms with E-state index in [2.05, 4.69) is 10.3 Å². The molecule has 6 heteroatoms. The molecule has 0 atom stereocenters. The van der Waals surface area contributed by atoms with Gasteiger partial charge in [0.1, 0.15) is 0 Å². The third-order valence-corrected chi connectivity index (χ3v) is 4.94. The van der Waals surface area contributed by atoms with Crippen molar-refractivity contribution >= 4 is 28.2 Å². The number of nitrogens with two attached hydrogens (primary N) is 1. The molecular weight excluding hydrogens is 364 g/mol. The molecule has 0 radical (unpaired) electrons. The molecule has 3 aromatic carbocycles. The quantitative estimate of drug-likeness (QED) is 0.561. The number of rotatable bonds is 4. The van der Waals surface area contributed by atoms with E-state index < -0.39 is 5.91 Å². The van der Waals surface area contributed by atoms with Crippen molar-refractivity contribution in [3.63, 3.8) is 0 Å². The Morgan fingerprint density at radius 1 is 1.07 bits per heavy atom. The number of anilines is 2. The number of nitrogens with one attached hydrogen (secondary N) is 1. The standard InChI is InChI=1S/C23H20N4O2/c1-14-7-8-15(17-5-3-4-6-18(17)22(24)28)11-21(14)26-16-9-10-20-19(12-16)23(29)27(2)13-25-20/h3-13,26H,1-2H3,(H2,24,28). The molecule has 3 N–H and O–H groups in total. The topological polar surface area (TPSA) is 90.0 Å². The summed E-state index contributed by atoms with van der Waals surface area (Å²) in [4.78, 5) is 28.5. The summed E-state index contributed by atoms with van der Waals surface area (Å²) < 4.78 is 1.46. The predicted octanol–water partition coefficient (Wildman–Crippen LogP) is 3.75. The Hall–Kier alpha value is -3.93. The van der Waals surface area contributed by atoms with Gasteiger partial charge in [-0.15, -0.1) is 0 Å². The molecule has 1 heterocycles. The number of carbonyl (C=O) groups excluding carboxylic acids is 1. The molecular formula is C23H20N4O2. The van der Waals surface area contributed by atoms with Crippen LogP contribution in [0.2, 0.25) is 0 Å². The lowest BCUT2D eigenvalue weighted by Crippen LogP contribution is -2.16. The first-order valence-electron chi connectivity index (χ1n) is 9.16. The highest BCUT2D eigenvalue weighted by molar-refractivity contribution is 6.00. The maximum Gasteiger partial charge on any atom is 0.260 e. The van der Waals surface area contributed by atoms with E-state index in [0.29, 0.717) is 16.5 Å². The van der Waals surface area contributed by atoms with Crippen LogP contribution in [0.5, 0.6) is 0 Å². The number of primary amides is 1. The second kappa shape index (κ2) is 7.24. The van der Waals surface area contributed by atoms with E-state index in [1.54, 1.807) is 25.2 Å². The van der Waals surface area contributed by atoms with Crippen LogP contribution in [-0.2, 0) is 7.05 Å². The van der Waals surface area contributed by atoms with Gasteiger partial charge in [0.25, 0.3) is 5.56 Å². The van der Waals surface area contributed by atoms with Crippen molar-refractivity contribution in [2.75, 3.05) is 5.32 Å². The smallest absolute Gasteiger partial charge is 0.260 e. The second-order valence-electron chi connectivity index (χ2n) is 6.96. The SMILES string of the molecule is Cc1ccc(-c2ccccc2C(N)=O)cc1Nc1ccc2ncn(C)c(=O)c2c1. The summed E-state index contributed by atoms with van der Waals surface area (Å²) in [7, 11) is 1.68. The fraction of sp³-hybridized carbons (Fsp3) is 0.0870. The highest BCUT2D eigenvalue weighted by Gasteiger charge is 2.11. The summed E-state index contributed by atoms with van der Waals surface area (Å²) in [6.45, 7) is 1.99. The first-order chi connectivity index (χ1) is 13.9. The van der Waals surface area contributed by atoms with Gasteiger partial charge in [-0.3, -0.25) is 9.59 Å². The average Bonchev–Trinajstić information content (AvgIpc) is 2.72. The first kappa shape index (κ1) is 18.4. The number of hydrogen-bond donors (Lipinski definition) is 2. The van der Waals surface area contributed by atoms with Gasteiger partial charge in [-0.2, -0.15) is 0 Å². The van der Waals surface area contributed by atoms with Gasteiger partial charge in [-0.25, -0.2) is 4.98 Å². The van der Waals surface area contributed by atoms with Crippen LogP contribution in [0.3, 0.4) is 0 Å². The van der Waals surface area contributed by atoms with Gasteiger partial charge < -0.3 is 15.6 Å². The van der Waals surface area contributed by atoms with Gasteiger partial charge in [0.05, 0.1) is 17.2 Å². The number of carbonyl (C=O) groups is 1.